The molecule has 20 heavy (non-hydrogen) atoms. The number of morpholine rings is 1. The summed E-state index contributed by atoms with van der Waals surface area (Å²) in [6, 6.07) is 7.35. The zero-order valence-electron chi connectivity index (χ0n) is 11.6. The maximum Gasteiger partial charge on any atom is 0.334 e. The number of carbonyl (C=O) groups excluding carboxylic acids is 1. The van der Waals surface area contributed by atoms with Crippen LogP contribution < -0.4 is 4.90 Å². The van der Waals surface area contributed by atoms with E-state index in [1.807, 2.05) is 31.2 Å². The first kappa shape index (κ1) is 14.3. The first-order chi connectivity index (χ1) is 9.50. The van der Waals surface area contributed by atoms with E-state index in [0.717, 1.165) is 11.3 Å². The summed E-state index contributed by atoms with van der Waals surface area (Å²) in [6.07, 6.45) is -0.946. The van der Waals surface area contributed by atoms with Crippen LogP contribution in [0.5, 0.6) is 0 Å². The van der Waals surface area contributed by atoms with Crippen molar-refractivity contribution in [1.82, 2.24) is 4.90 Å². The third-order valence-corrected chi connectivity index (χ3v) is 3.38. The third kappa shape index (κ3) is 2.91. The van der Waals surface area contributed by atoms with Gasteiger partial charge in [0.25, 0.3) is 0 Å². The molecule has 1 atom stereocenters. The second-order valence-corrected chi connectivity index (χ2v) is 4.77. The Morgan fingerprint density at radius 2 is 2.10 bits per heavy atom. The highest BCUT2D eigenvalue weighted by Gasteiger charge is 2.30. The molecule has 1 aliphatic heterocycles. The number of carbonyl (C=O) groups is 2. The van der Waals surface area contributed by atoms with Crippen LogP contribution in [0.2, 0.25) is 0 Å². The van der Waals surface area contributed by atoms with Gasteiger partial charge in [-0.05, 0) is 18.6 Å². The smallest absolute Gasteiger partial charge is 0.334 e. The summed E-state index contributed by atoms with van der Waals surface area (Å²) >= 11 is 0. The van der Waals surface area contributed by atoms with Gasteiger partial charge in [0.15, 0.2) is 6.10 Å². The molecule has 1 heterocycles. The first-order valence-corrected chi connectivity index (χ1v) is 6.43. The van der Waals surface area contributed by atoms with Crippen LogP contribution in [0.25, 0.3) is 0 Å². The molecule has 6 heteroatoms. The minimum Gasteiger partial charge on any atom is -0.479 e. The van der Waals surface area contributed by atoms with Crippen LogP contribution in [-0.2, 0) is 9.53 Å². The SMILES string of the molecule is Cc1ccccc1N(C)C(=O)N1CCOC(C(=O)O)C1. The third-order valence-electron chi connectivity index (χ3n) is 3.38. The number of para-hydroxylation sites is 1. The molecular formula is C14H18N2O4. The van der Waals surface area contributed by atoms with Crippen LogP contribution >= 0.6 is 0 Å². The van der Waals surface area contributed by atoms with Crippen LogP contribution in [0.1, 0.15) is 5.56 Å². The van der Waals surface area contributed by atoms with Gasteiger partial charge >= 0.3 is 12.0 Å². The van der Waals surface area contributed by atoms with Crippen LogP contribution in [0.15, 0.2) is 24.3 Å². The standard InChI is InChI=1S/C14H18N2O4/c1-10-5-3-4-6-11(10)15(2)14(19)16-7-8-20-12(9-16)13(17)18/h3-6,12H,7-9H2,1-2H3,(H,17,18). The van der Waals surface area contributed by atoms with Crippen molar-refractivity contribution in [3.8, 4) is 0 Å². The lowest BCUT2D eigenvalue weighted by molar-refractivity contribution is -0.154. The number of aryl methyl sites for hydroxylation is 1. The van der Waals surface area contributed by atoms with Crippen molar-refractivity contribution in [3.63, 3.8) is 0 Å². The number of ether oxygens (including phenoxy) is 1. The first-order valence-electron chi connectivity index (χ1n) is 6.43. The lowest BCUT2D eigenvalue weighted by atomic mass is 10.2. The number of nitrogens with zero attached hydrogens (tertiary/aromatic N) is 2. The van der Waals surface area contributed by atoms with Gasteiger partial charge in [-0.3, -0.25) is 4.90 Å². The van der Waals surface area contributed by atoms with E-state index >= 15 is 0 Å². The molecule has 0 aliphatic carbocycles. The minimum atomic E-state index is -1.04. The molecule has 0 spiro atoms. The Hall–Kier alpha value is -2.08. The van der Waals surface area contributed by atoms with Crippen molar-refractivity contribution < 1.29 is 19.4 Å². The topological polar surface area (TPSA) is 70.1 Å². The Bertz CT molecular complexity index is 518. The molecule has 0 bridgehead atoms. The second-order valence-electron chi connectivity index (χ2n) is 4.77. The van der Waals surface area contributed by atoms with Crippen LogP contribution in [-0.4, -0.2) is 54.9 Å². The zero-order chi connectivity index (χ0) is 14.7. The summed E-state index contributed by atoms with van der Waals surface area (Å²) in [4.78, 5) is 26.4. The molecular weight excluding hydrogens is 260 g/mol. The number of carboxylic acid groups (broad SMARTS) is 1. The highest BCUT2D eigenvalue weighted by atomic mass is 16.5. The van der Waals surface area contributed by atoms with Gasteiger partial charge in [0, 0.05) is 19.3 Å². The number of anilines is 1. The van der Waals surface area contributed by atoms with Crippen LogP contribution in [0, 0.1) is 6.92 Å². The molecule has 1 aliphatic rings. The van der Waals surface area contributed by atoms with Gasteiger partial charge in [-0.25, -0.2) is 9.59 Å². The van der Waals surface area contributed by atoms with E-state index in [2.05, 4.69) is 0 Å². The summed E-state index contributed by atoms with van der Waals surface area (Å²) in [5.74, 6) is -1.04. The fourth-order valence-electron chi connectivity index (χ4n) is 2.23. The fourth-order valence-corrected chi connectivity index (χ4v) is 2.23. The van der Waals surface area contributed by atoms with Crippen molar-refractivity contribution in [2.45, 2.75) is 13.0 Å². The van der Waals surface area contributed by atoms with Gasteiger partial charge in [0.1, 0.15) is 0 Å². The summed E-state index contributed by atoms with van der Waals surface area (Å²) in [7, 11) is 1.69. The molecule has 1 saturated heterocycles. The Balaban J connectivity index is 2.11. The van der Waals surface area contributed by atoms with Gasteiger partial charge in [0.2, 0.25) is 0 Å². The quantitative estimate of drug-likeness (QED) is 0.886. The molecule has 1 N–H and O–H groups in total. The Kier molecular flexibility index (Phi) is 4.24. The normalized spacial score (nSPS) is 18.7. The summed E-state index contributed by atoms with van der Waals surface area (Å²) in [6.45, 7) is 2.64. The van der Waals surface area contributed by atoms with Crippen molar-refractivity contribution in [3.05, 3.63) is 29.8 Å². The lowest BCUT2D eigenvalue weighted by Crippen LogP contribution is -2.52. The van der Waals surface area contributed by atoms with E-state index < -0.39 is 12.1 Å². The van der Waals surface area contributed by atoms with Gasteiger partial charge in [0.05, 0.1) is 13.2 Å². The number of amides is 2. The monoisotopic (exact) mass is 278 g/mol. The molecule has 108 valence electrons. The Morgan fingerprint density at radius 3 is 2.75 bits per heavy atom. The molecule has 1 fully saturated rings. The number of rotatable bonds is 2. The molecule has 2 amide bonds. The van der Waals surface area contributed by atoms with E-state index in [1.54, 1.807) is 11.9 Å². The van der Waals surface area contributed by atoms with Crippen LogP contribution in [0.4, 0.5) is 10.5 Å². The number of hydrogen-bond acceptors (Lipinski definition) is 3. The predicted octanol–water partition coefficient (Wildman–Crippen LogP) is 1.34. The molecule has 2 rings (SSSR count). The van der Waals surface area contributed by atoms with Crippen molar-refractivity contribution >= 4 is 17.7 Å². The number of aliphatic carboxylic acids is 1. The minimum absolute atomic E-state index is 0.0738. The van der Waals surface area contributed by atoms with E-state index in [9.17, 15) is 9.59 Å². The van der Waals surface area contributed by atoms with Gasteiger partial charge < -0.3 is 14.7 Å². The summed E-state index contributed by atoms with van der Waals surface area (Å²) < 4.78 is 5.12. The summed E-state index contributed by atoms with van der Waals surface area (Å²) in [5.41, 5.74) is 1.81. The zero-order valence-corrected chi connectivity index (χ0v) is 11.6. The largest absolute Gasteiger partial charge is 0.479 e. The number of hydrogen-bond donors (Lipinski definition) is 1. The highest BCUT2D eigenvalue weighted by Crippen LogP contribution is 2.20. The fraction of sp³-hybridized carbons (Fsp3) is 0.429. The van der Waals surface area contributed by atoms with E-state index in [4.69, 9.17) is 9.84 Å². The molecule has 0 aromatic heterocycles. The maximum atomic E-state index is 12.4. The number of benzene rings is 1. The van der Waals surface area contributed by atoms with E-state index in [1.165, 1.54) is 4.90 Å². The van der Waals surface area contributed by atoms with Crippen molar-refractivity contribution in [1.29, 1.82) is 0 Å². The molecule has 0 radical (unpaired) electrons. The maximum absolute atomic E-state index is 12.4. The molecule has 1 unspecified atom stereocenters. The molecule has 6 nitrogen and oxygen atoms in total. The van der Waals surface area contributed by atoms with Gasteiger partial charge in [-0.2, -0.15) is 0 Å². The van der Waals surface area contributed by atoms with E-state index in [0.29, 0.717) is 6.54 Å². The average molecular weight is 278 g/mol. The van der Waals surface area contributed by atoms with Crippen molar-refractivity contribution in [2.75, 3.05) is 31.6 Å². The molecule has 1 aromatic carbocycles. The Labute approximate surface area is 117 Å². The number of urea groups is 1. The number of carboxylic acids is 1. The summed E-state index contributed by atoms with van der Waals surface area (Å²) in [5, 5.41) is 8.96. The van der Waals surface area contributed by atoms with E-state index in [-0.39, 0.29) is 19.2 Å². The van der Waals surface area contributed by atoms with Crippen molar-refractivity contribution in [2.24, 2.45) is 0 Å². The Morgan fingerprint density at radius 1 is 1.40 bits per heavy atom. The van der Waals surface area contributed by atoms with Gasteiger partial charge in [-0.1, -0.05) is 18.2 Å². The lowest BCUT2D eigenvalue weighted by Gasteiger charge is -2.34. The average Bonchev–Trinajstić information content (AvgIpc) is 2.46. The van der Waals surface area contributed by atoms with Crippen LogP contribution in [0.3, 0.4) is 0 Å². The second kappa shape index (κ2) is 5.92. The molecule has 0 saturated carbocycles. The highest BCUT2D eigenvalue weighted by molar-refractivity contribution is 5.92. The molecule has 1 aromatic rings. The van der Waals surface area contributed by atoms with Gasteiger partial charge in [-0.15, -0.1) is 0 Å². The predicted molar refractivity (Wildman–Crippen MR) is 73.9 cm³/mol.